The molecule has 0 radical (unpaired) electrons. The van der Waals surface area contributed by atoms with E-state index in [-0.39, 0.29) is 40.2 Å². The summed E-state index contributed by atoms with van der Waals surface area (Å²) in [5, 5.41) is 8.24. The number of hydrogen-bond donors (Lipinski definition) is 3. The third kappa shape index (κ3) is 4.00. The highest BCUT2D eigenvalue weighted by Gasteiger charge is 2.36. The van der Waals surface area contributed by atoms with Gasteiger partial charge in [0, 0.05) is 23.0 Å². The van der Waals surface area contributed by atoms with Crippen molar-refractivity contribution >= 4 is 56.8 Å². The lowest BCUT2D eigenvalue weighted by Crippen LogP contribution is -2.41. The standard InChI is InChI=1S/C22H15ClF2N6O3S/c1-26-22(34)20-28-19(29-21(33)17-12-7-10(25)3-5-14(12)35-30-17)18-16(27-15(32)8-31(18)20)11-6-9(24)2-4-13(11)23/h2-7,16H,8H2,1H3,(H,26,34)(H,27,32)(H,29,33). The molecule has 178 valence electrons. The molecule has 3 amide bonds. The molecular weight excluding hydrogens is 502 g/mol. The topological polar surface area (TPSA) is 118 Å². The lowest BCUT2D eigenvalue weighted by atomic mass is 10.0. The predicted octanol–water partition coefficient (Wildman–Crippen LogP) is 3.26. The maximum Gasteiger partial charge on any atom is 0.287 e. The molecule has 0 saturated carbocycles. The van der Waals surface area contributed by atoms with Gasteiger partial charge in [0.25, 0.3) is 11.8 Å². The van der Waals surface area contributed by atoms with Crippen LogP contribution in [-0.4, -0.2) is 38.7 Å². The number of carbonyl (C=O) groups is 3. The number of hydrogen-bond acceptors (Lipinski definition) is 6. The zero-order valence-electron chi connectivity index (χ0n) is 17.9. The number of halogens is 3. The Kier molecular flexibility index (Phi) is 5.69. The van der Waals surface area contributed by atoms with Crippen molar-refractivity contribution in [3.05, 3.63) is 75.8 Å². The number of imidazole rings is 1. The zero-order valence-corrected chi connectivity index (χ0v) is 19.4. The monoisotopic (exact) mass is 516 g/mol. The van der Waals surface area contributed by atoms with E-state index in [1.165, 1.54) is 41.9 Å². The van der Waals surface area contributed by atoms with Gasteiger partial charge in [0.2, 0.25) is 11.7 Å². The van der Waals surface area contributed by atoms with Crippen molar-refractivity contribution in [2.45, 2.75) is 12.6 Å². The first-order valence-electron chi connectivity index (χ1n) is 10.2. The molecule has 3 heterocycles. The smallest absolute Gasteiger partial charge is 0.287 e. The SMILES string of the molecule is CNC(=O)c1nc(NC(=O)c2nsc3ccc(F)cc23)c2n1CC(=O)NC2c1cc(F)ccc1Cl. The van der Waals surface area contributed by atoms with E-state index < -0.39 is 35.4 Å². The van der Waals surface area contributed by atoms with Gasteiger partial charge in [0.1, 0.15) is 23.9 Å². The van der Waals surface area contributed by atoms with Gasteiger partial charge in [0.05, 0.1) is 16.4 Å². The summed E-state index contributed by atoms with van der Waals surface area (Å²) >= 11 is 7.32. The number of amides is 3. The van der Waals surface area contributed by atoms with Crippen LogP contribution >= 0.6 is 23.1 Å². The molecule has 1 aliphatic heterocycles. The third-order valence-corrected chi connectivity index (χ3v) is 6.64. The van der Waals surface area contributed by atoms with Crippen LogP contribution in [-0.2, 0) is 11.3 Å². The molecule has 13 heteroatoms. The highest BCUT2D eigenvalue weighted by atomic mass is 35.5. The zero-order chi connectivity index (χ0) is 24.9. The van der Waals surface area contributed by atoms with Crippen LogP contribution in [0.2, 0.25) is 5.02 Å². The number of rotatable bonds is 4. The number of nitrogens with zero attached hydrogens (tertiary/aromatic N) is 3. The Labute approximate surface area is 205 Å². The summed E-state index contributed by atoms with van der Waals surface area (Å²) in [5.41, 5.74) is 0.392. The average molecular weight is 517 g/mol. The molecular formula is C22H15ClF2N6O3S. The van der Waals surface area contributed by atoms with Crippen molar-refractivity contribution < 1.29 is 23.2 Å². The van der Waals surface area contributed by atoms with Gasteiger partial charge in [-0.15, -0.1) is 0 Å². The van der Waals surface area contributed by atoms with Gasteiger partial charge in [-0.1, -0.05) is 11.6 Å². The summed E-state index contributed by atoms with van der Waals surface area (Å²) in [6, 6.07) is 6.60. The first-order valence-corrected chi connectivity index (χ1v) is 11.3. The summed E-state index contributed by atoms with van der Waals surface area (Å²) in [7, 11) is 1.39. The molecule has 4 aromatic rings. The molecule has 5 rings (SSSR count). The van der Waals surface area contributed by atoms with Gasteiger partial charge in [0.15, 0.2) is 5.82 Å². The number of nitrogens with one attached hydrogen (secondary N) is 3. The van der Waals surface area contributed by atoms with Crippen molar-refractivity contribution in [3.8, 4) is 0 Å². The van der Waals surface area contributed by atoms with E-state index in [0.717, 1.165) is 17.6 Å². The van der Waals surface area contributed by atoms with Gasteiger partial charge >= 0.3 is 0 Å². The molecule has 2 aromatic carbocycles. The van der Waals surface area contributed by atoms with Crippen molar-refractivity contribution in [1.29, 1.82) is 0 Å². The Morgan fingerprint density at radius 3 is 2.69 bits per heavy atom. The fourth-order valence-electron chi connectivity index (χ4n) is 3.92. The molecule has 1 atom stereocenters. The van der Waals surface area contributed by atoms with Gasteiger partial charge in [-0.3, -0.25) is 14.4 Å². The normalized spacial score (nSPS) is 15.0. The largest absolute Gasteiger partial charge is 0.352 e. The van der Waals surface area contributed by atoms with Crippen LogP contribution in [0.5, 0.6) is 0 Å². The molecule has 0 bridgehead atoms. The highest BCUT2D eigenvalue weighted by molar-refractivity contribution is 7.13. The number of benzene rings is 2. The van der Waals surface area contributed by atoms with E-state index in [2.05, 4.69) is 25.3 Å². The summed E-state index contributed by atoms with van der Waals surface area (Å²) in [5.74, 6) is -3.10. The lowest BCUT2D eigenvalue weighted by Gasteiger charge is -2.28. The first kappa shape index (κ1) is 22.9. The van der Waals surface area contributed by atoms with Crippen molar-refractivity contribution in [2.24, 2.45) is 0 Å². The highest BCUT2D eigenvalue weighted by Crippen LogP contribution is 2.36. The molecule has 2 aromatic heterocycles. The second-order valence-corrected chi connectivity index (χ2v) is 8.84. The number of carbonyl (C=O) groups excluding carboxylic acids is 3. The summed E-state index contributed by atoms with van der Waals surface area (Å²) in [6.07, 6.45) is 0. The summed E-state index contributed by atoms with van der Waals surface area (Å²) in [6.45, 7) is -0.269. The van der Waals surface area contributed by atoms with Crippen molar-refractivity contribution in [2.75, 3.05) is 12.4 Å². The van der Waals surface area contributed by atoms with Gasteiger partial charge in [-0.05, 0) is 47.9 Å². The second kappa shape index (κ2) is 8.71. The van der Waals surface area contributed by atoms with Crippen LogP contribution in [0.1, 0.15) is 38.4 Å². The molecule has 3 N–H and O–H groups in total. The van der Waals surface area contributed by atoms with Crippen molar-refractivity contribution in [1.82, 2.24) is 24.6 Å². The van der Waals surface area contributed by atoms with E-state index in [4.69, 9.17) is 11.6 Å². The molecule has 1 unspecified atom stereocenters. The van der Waals surface area contributed by atoms with E-state index in [1.54, 1.807) is 0 Å². The minimum atomic E-state index is -1.02. The molecule has 0 aliphatic carbocycles. The van der Waals surface area contributed by atoms with Crippen LogP contribution in [0, 0.1) is 11.6 Å². The fourth-order valence-corrected chi connectivity index (χ4v) is 4.90. The lowest BCUT2D eigenvalue weighted by molar-refractivity contribution is -0.123. The second-order valence-electron chi connectivity index (χ2n) is 7.63. The summed E-state index contributed by atoms with van der Waals surface area (Å²) in [4.78, 5) is 42.4. The fraction of sp³-hybridized carbons (Fsp3) is 0.136. The molecule has 0 spiro atoms. The van der Waals surface area contributed by atoms with Gasteiger partial charge in [-0.25, -0.2) is 13.8 Å². The number of anilines is 1. The van der Waals surface area contributed by atoms with E-state index in [0.29, 0.717) is 10.1 Å². The van der Waals surface area contributed by atoms with Gasteiger partial charge in [-0.2, -0.15) is 4.37 Å². The minimum Gasteiger partial charge on any atom is -0.352 e. The van der Waals surface area contributed by atoms with Gasteiger partial charge < -0.3 is 20.5 Å². The number of fused-ring (bicyclic) bond motifs is 2. The van der Waals surface area contributed by atoms with Crippen LogP contribution in [0.25, 0.3) is 10.1 Å². The minimum absolute atomic E-state index is 0.0343. The Morgan fingerprint density at radius 2 is 1.91 bits per heavy atom. The Balaban J connectivity index is 1.64. The van der Waals surface area contributed by atoms with Crippen LogP contribution < -0.4 is 16.0 Å². The van der Waals surface area contributed by atoms with Crippen molar-refractivity contribution in [3.63, 3.8) is 0 Å². The molecule has 35 heavy (non-hydrogen) atoms. The van der Waals surface area contributed by atoms with E-state index in [1.807, 2.05) is 0 Å². The Bertz CT molecular complexity index is 1540. The number of aromatic nitrogens is 3. The maximum absolute atomic E-state index is 14.1. The Morgan fingerprint density at radius 1 is 1.17 bits per heavy atom. The summed E-state index contributed by atoms with van der Waals surface area (Å²) < 4.78 is 33.9. The molecule has 0 fully saturated rings. The van der Waals surface area contributed by atoms with Crippen LogP contribution in [0.15, 0.2) is 36.4 Å². The quantitative estimate of drug-likeness (QED) is 0.385. The van der Waals surface area contributed by atoms with E-state index >= 15 is 0 Å². The Hall–Kier alpha value is -3.90. The maximum atomic E-state index is 14.1. The van der Waals surface area contributed by atoms with Crippen LogP contribution in [0.4, 0.5) is 14.6 Å². The van der Waals surface area contributed by atoms with Crippen LogP contribution in [0.3, 0.4) is 0 Å². The third-order valence-electron chi connectivity index (χ3n) is 5.47. The molecule has 1 aliphatic rings. The first-order chi connectivity index (χ1) is 16.8. The van der Waals surface area contributed by atoms with E-state index in [9.17, 15) is 23.2 Å². The predicted molar refractivity (Wildman–Crippen MR) is 125 cm³/mol. The molecule has 0 saturated heterocycles. The molecule has 9 nitrogen and oxygen atoms in total. The average Bonchev–Trinajstić information content (AvgIpc) is 3.41.